The van der Waals surface area contributed by atoms with Gasteiger partial charge in [-0.3, -0.25) is 4.79 Å². The molecule has 0 saturated carbocycles. The monoisotopic (exact) mass is 194 g/mol. The average Bonchev–Trinajstić information content (AvgIpc) is 2.64. The molecule has 0 aliphatic heterocycles. The molecule has 1 heterocycles. The van der Waals surface area contributed by atoms with Gasteiger partial charge in [0.15, 0.2) is 0 Å². The molecule has 2 rings (SSSR count). The summed E-state index contributed by atoms with van der Waals surface area (Å²) in [6.45, 7) is 2.30. The number of aromatic amines is 1. The van der Waals surface area contributed by atoms with Gasteiger partial charge in [0.1, 0.15) is 0 Å². The summed E-state index contributed by atoms with van der Waals surface area (Å²) in [5.41, 5.74) is 2.19. The minimum atomic E-state index is -0.0823. The number of imidazole rings is 1. The van der Waals surface area contributed by atoms with Gasteiger partial charge >= 0.3 is 5.97 Å². The van der Waals surface area contributed by atoms with Crippen LogP contribution in [0.2, 0.25) is 0 Å². The SMILES string of the molecule is CCOC(=O)C1CCc2[nH]cnc2C1. The maximum atomic E-state index is 11.5. The van der Waals surface area contributed by atoms with Gasteiger partial charge in [-0.2, -0.15) is 0 Å². The number of rotatable bonds is 2. The van der Waals surface area contributed by atoms with Crippen LogP contribution in [0.5, 0.6) is 0 Å². The van der Waals surface area contributed by atoms with Crippen molar-refractivity contribution >= 4 is 5.97 Å². The number of esters is 1. The van der Waals surface area contributed by atoms with E-state index in [-0.39, 0.29) is 11.9 Å². The Morgan fingerprint density at radius 2 is 2.64 bits per heavy atom. The number of nitrogens with one attached hydrogen (secondary N) is 1. The van der Waals surface area contributed by atoms with Crippen LogP contribution in [-0.4, -0.2) is 22.5 Å². The minimum absolute atomic E-state index is 0.00532. The first-order chi connectivity index (χ1) is 6.81. The highest BCUT2D eigenvalue weighted by atomic mass is 16.5. The number of carbonyl (C=O) groups is 1. The fraction of sp³-hybridized carbons (Fsp3) is 0.600. The van der Waals surface area contributed by atoms with E-state index in [4.69, 9.17) is 4.74 Å². The number of H-pyrrole nitrogens is 1. The molecular formula is C10H14N2O2. The number of nitrogens with zero attached hydrogens (tertiary/aromatic N) is 1. The fourth-order valence-corrected chi connectivity index (χ4v) is 1.86. The van der Waals surface area contributed by atoms with Crippen LogP contribution in [-0.2, 0) is 22.4 Å². The fourth-order valence-electron chi connectivity index (χ4n) is 1.86. The molecule has 1 aliphatic rings. The molecule has 1 atom stereocenters. The van der Waals surface area contributed by atoms with Crippen molar-refractivity contribution in [3.8, 4) is 0 Å². The molecule has 1 aromatic heterocycles. The molecule has 1 N–H and O–H groups in total. The van der Waals surface area contributed by atoms with Crippen LogP contribution in [0.25, 0.3) is 0 Å². The number of aromatic nitrogens is 2. The molecule has 0 fully saturated rings. The molecule has 0 spiro atoms. The molecule has 14 heavy (non-hydrogen) atoms. The zero-order chi connectivity index (χ0) is 9.97. The largest absolute Gasteiger partial charge is 0.466 e. The van der Waals surface area contributed by atoms with E-state index in [0.717, 1.165) is 25.0 Å². The molecule has 0 bridgehead atoms. The third-order valence-electron chi connectivity index (χ3n) is 2.61. The highest BCUT2D eigenvalue weighted by molar-refractivity contribution is 5.73. The van der Waals surface area contributed by atoms with Gasteiger partial charge in [0.25, 0.3) is 0 Å². The van der Waals surface area contributed by atoms with Gasteiger partial charge in [0.05, 0.1) is 24.5 Å². The zero-order valence-corrected chi connectivity index (χ0v) is 8.25. The number of ether oxygens (including phenoxy) is 1. The predicted octanol–water partition coefficient (Wildman–Crippen LogP) is 1.08. The van der Waals surface area contributed by atoms with Gasteiger partial charge < -0.3 is 9.72 Å². The van der Waals surface area contributed by atoms with Gasteiger partial charge in [-0.15, -0.1) is 0 Å². The third kappa shape index (κ3) is 1.64. The standard InChI is InChI=1S/C10H14N2O2/c1-2-14-10(13)7-3-4-8-9(5-7)12-6-11-8/h6-7H,2-5H2,1H3,(H,11,12). The van der Waals surface area contributed by atoms with Crippen molar-refractivity contribution in [2.24, 2.45) is 5.92 Å². The molecule has 0 saturated heterocycles. The van der Waals surface area contributed by atoms with E-state index in [1.54, 1.807) is 6.33 Å². The average molecular weight is 194 g/mol. The Balaban J connectivity index is 2.04. The first-order valence-electron chi connectivity index (χ1n) is 4.99. The Morgan fingerprint density at radius 3 is 3.43 bits per heavy atom. The zero-order valence-electron chi connectivity index (χ0n) is 8.25. The first kappa shape index (κ1) is 9.24. The van der Waals surface area contributed by atoms with E-state index < -0.39 is 0 Å². The summed E-state index contributed by atoms with van der Waals surface area (Å²) in [4.78, 5) is 18.7. The Hall–Kier alpha value is -1.32. The summed E-state index contributed by atoms with van der Waals surface area (Å²) in [5, 5.41) is 0. The van der Waals surface area contributed by atoms with E-state index in [0.29, 0.717) is 6.61 Å². The molecule has 0 aromatic carbocycles. The van der Waals surface area contributed by atoms with Crippen molar-refractivity contribution in [2.45, 2.75) is 26.2 Å². The summed E-state index contributed by atoms with van der Waals surface area (Å²) in [5.74, 6) is -0.0769. The lowest BCUT2D eigenvalue weighted by atomic mass is 9.90. The second kappa shape index (κ2) is 3.82. The molecule has 0 radical (unpaired) electrons. The van der Waals surface area contributed by atoms with E-state index in [9.17, 15) is 4.79 Å². The van der Waals surface area contributed by atoms with Gasteiger partial charge in [0.2, 0.25) is 0 Å². The molecule has 0 amide bonds. The topological polar surface area (TPSA) is 55.0 Å². The summed E-state index contributed by atoms with van der Waals surface area (Å²) in [6, 6.07) is 0. The van der Waals surface area contributed by atoms with Crippen LogP contribution in [0.1, 0.15) is 24.7 Å². The van der Waals surface area contributed by atoms with E-state index in [1.807, 2.05) is 6.92 Å². The van der Waals surface area contributed by atoms with Crippen molar-refractivity contribution in [1.82, 2.24) is 9.97 Å². The quantitative estimate of drug-likeness (QED) is 0.717. The molecule has 76 valence electrons. The maximum Gasteiger partial charge on any atom is 0.309 e. The van der Waals surface area contributed by atoms with Crippen molar-refractivity contribution in [3.63, 3.8) is 0 Å². The molecule has 1 aliphatic carbocycles. The Labute approximate surface area is 82.7 Å². The second-order valence-electron chi connectivity index (χ2n) is 3.52. The van der Waals surface area contributed by atoms with Gasteiger partial charge in [0, 0.05) is 12.1 Å². The smallest absolute Gasteiger partial charge is 0.309 e. The lowest BCUT2D eigenvalue weighted by molar-refractivity contribution is -0.148. The highest BCUT2D eigenvalue weighted by Crippen LogP contribution is 2.23. The third-order valence-corrected chi connectivity index (χ3v) is 2.61. The summed E-state index contributed by atoms with van der Waals surface area (Å²) in [6.07, 6.45) is 4.18. The van der Waals surface area contributed by atoms with Crippen molar-refractivity contribution in [2.75, 3.05) is 6.61 Å². The molecule has 1 unspecified atom stereocenters. The van der Waals surface area contributed by atoms with Crippen LogP contribution in [0, 0.1) is 5.92 Å². The van der Waals surface area contributed by atoms with Crippen LogP contribution in [0.4, 0.5) is 0 Å². The van der Waals surface area contributed by atoms with Crippen molar-refractivity contribution in [1.29, 1.82) is 0 Å². The number of aryl methyl sites for hydroxylation is 1. The van der Waals surface area contributed by atoms with Gasteiger partial charge in [-0.05, 0) is 19.8 Å². The van der Waals surface area contributed by atoms with Crippen molar-refractivity contribution < 1.29 is 9.53 Å². The minimum Gasteiger partial charge on any atom is -0.466 e. The number of fused-ring (bicyclic) bond motifs is 1. The van der Waals surface area contributed by atoms with Crippen LogP contribution in [0.3, 0.4) is 0 Å². The Bertz CT molecular complexity index is 333. The molecule has 4 nitrogen and oxygen atoms in total. The van der Waals surface area contributed by atoms with Gasteiger partial charge in [-0.1, -0.05) is 0 Å². The summed E-state index contributed by atoms with van der Waals surface area (Å²) < 4.78 is 5.00. The Kier molecular flexibility index (Phi) is 2.52. The van der Waals surface area contributed by atoms with E-state index >= 15 is 0 Å². The highest BCUT2D eigenvalue weighted by Gasteiger charge is 2.26. The Morgan fingerprint density at radius 1 is 1.79 bits per heavy atom. The normalized spacial score (nSPS) is 20.2. The lowest BCUT2D eigenvalue weighted by Crippen LogP contribution is -2.24. The van der Waals surface area contributed by atoms with Gasteiger partial charge in [-0.25, -0.2) is 4.98 Å². The molecule has 4 heteroatoms. The predicted molar refractivity (Wildman–Crippen MR) is 50.7 cm³/mol. The number of hydrogen-bond acceptors (Lipinski definition) is 3. The first-order valence-corrected chi connectivity index (χ1v) is 4.99. The van der Waals surface area contributed by atoms with Crippen molar-refractivity contribution in [3.05, 3.63) is 17.7 Å². The number of carbonyl (C=O) groups excluding carboxylic acids is 1. The van der Waals surface area contributed by atoms with Crippen LogP contribution >= 0.6 is 0 Å². The lowest BCUT2D eigenvalue weighted by Gasteiger charge is -2.19. The summed E-state index contributed by atoms with van der Waals surface area (Å²) >= 11 is 0. The molecular weight excluding hydrogens is 180 g/mol. The van der Waals surface area contributed by atoms with E-state index in [1.165, 1.54) is 5.69 Å². The van der Waals surface area contributed by atoms with E-state index in [2.05, 4.69) is 9.97 Å². The van der Waals surface area contributed by atoms with Crippen LogP contribution < -0.4 is 0 Å². The second-order valence-corrected chi connectivity index (χ2v) is 3.52. The number of hydrogen-bond donors (Lipinski definition) is 1. The molecule has 1 aromatic rings. The summed E-state index contributed by atoms with van der Waals surface area (Å²) in [7, 11) is 0. The van der Waals surface area contributed by atoms with Crippen LogP contribution in [0.15, 0.2) is 6.33 Å². The maximum absolute atomic E-state index is 11.5.